The first kappa shape index (κ1) is 21.9. The third-order valence-corrected chi connectivity index (χ3v) is 3.99. The van der Waals surface area contributed by atoms with Gasteiger partial charge in [-0.25, -0.2) is 9.69 Å². The topological polar surface area (TPSA) is 70.0 Å². The van der Waals surface area contributed by atoms with Gasteiger partial charge in [0.1, 0.15) is 19.1 Å². The van der Waals surface area contributed by atoms with Crippen LogP contribution < -0.4 is 0 Å². The molecule has 0 spiro atoms. The Labute approximate surface area is 166 Å². The van der Waals surface area contributed by atoms with Gasteiger partial charge in [-0.3, -0.25) is 4.79 Å². The molecule has 0 aliphatic rings. The Kier molecular flexibility index (Phi) is 7.60. The molecule has 1 aromatic heterocycles. The average molecular weight is 390 g/mol. The molecule has 0 radical (unpaired) electrons. The fourth-order valence-electron chi connectivity index (χ4n) is 2.74. The smallest absolute Gasteiger partial charge is 0.418 e. The van der Waals surface area contributed by atoms with Crippen molar-refractivity contribution in [1.29, 1.82) is 0 Å². The summed E-state index contributed by atoms with van der Waals surface area (Å²) in [4.78, 5) is 26.4. The number of carbonyl (C=O) groups excluding carboxylic acids is 2. The van der Waals surface area contributed by atoms with Gasteiger partial charge in [0.05, 0.1) is 11.9 Å². The molecule has 0 bridgehead atoms. The molecule has 2 rings (SSSR count). The number of aromatic nitrogens is 1. The molecule has 0 saturated carbocycles. The zero-order valence-electron chi connectivity index (χ0n) is 17.4. The minimum Gasteiger partial charge on any atom is -0.443 e. The van der Waals surface area contributed by atoms with Crippen LogP contribution in [0.4, 0.5) is 4.79 Å². The van der Waals surface area contributed by atoms with Gasteiger partial charge in [-0.2, -0.15) is 0 Å². The zero-order valence-corrected chi connectivity index (χ0v) is 17.4. The quantitative estimate of drug-likeness (QED) is 0.639. The van der Waals surface area contributed by atoms with Gasteiger partial charge in [-0.1, -0.05) is 18.2 Å². The van der Waals surface area contributed by atoms with Crippen molar-refractivity contribution in [3.8, 4) is 0 Å². The number of carbonyl (C=O) groups is 2. The van der Waals surface area contributed by atoms with E-state index in [4.69, 9.17) is 14.2 Å². The van der Waals surface area contributed by atoms with Crippen LogP contribution in [0.15, 0.2) is 30.5 Å². The maximum absolute atomic E-state index is 12.9. The highest BCUT2D eigenvalue weighted by atomic mass is 16.6. The lowest BCUT2D eigenvalue weighted by molar-refractivity contribution is -0.134. The summed E-state index contributed by atoms with van der Waals surface area (Å²) in [6.07, 6.45) is 1.25. The summed E-state index contributed by atoms with van der Waals surface area (Å²) in [5.41, 5.74) is 1.10. The number of amides is 2. The highest BCUT2D eigenvalue weighted by molar-refractivity contribution is 5.96. The fourth-order valence-corrected chi connectivity index (χ4v) is 2.74. The molecule has 0 saturated heterocycles. The van der Waals surface area contributed by atoms with Gasteiger partial charge in [0, 0.05) is 24.8 Å². The number of nitrogens with zero attached hydrogens (tertiary/aromatic N) is 2. The number of hydrogen-bond donors (Lipinski definition) is 0. The summed E-state index contributed by atoms with van der Waals surface area (Å²) >= 11 is 0. The molecule has 0 unspecified atom stereocenters. The van der Waals surface area contributed by atoms with Gasteiger partial charge >= 0.3 is 6.09 Å². The molecule has 0 N–H and O–H groups in total. The van der Waals surface area contributed by atoms with Crippen molar-refractivity contribution in [3.05, 3.63) is 36.0 Å². The molecule has 7 heteroatoms. The number of fused-ring (bicyclic) bond motifs is 1. The maximum Gasteiger partial charge on any atom is 0.418 e. The van der Waals surface area contributed by atoms with E-state index in [1.807, 2.05) is 42.0 Å². The Morgan fingerprint density at radius 1 is 1.07 bits per heavy atom. The Balaban J connectivity index is 2.25. The number of para-hydroxylation sites is 1. The summed E-state index contributed by atoms with van der Waals surface area (Å²) in [5, 5.41) is 0.955. The Morgan fingerprint density at radius 3 is 2.39 bits per heavy atom. The van der Waals surface area contributed by atoms with Crippen molar-refractivity contribution in [3.63, 3.8) is 0 Å². The van der Waals surface area contributed by atoms with Crippen LogP contribution in [0.25, 0.3) is 10.9 Å². The fraction of sp³-hybridized carbons (Fsp3) is 0.524. The van der Waals surface area contributed by atoms with E-state index in [9.17, 15) is 9.59 Å². The van der Waals surface area contributed by atoms with Crippen LogP contribution >= 0.6 is 0 Å². The van der Waals surface area contributed by atoms with Crippen LogP contribution in [0.1, 0.15) is 40.2 Å². The standard InChI is InChI=1S/C21H30N2O5/c1-6-26-14-22-13-16(17-10-8-9-11-18(17)22)12-19(24)23(15-27-7-2)20(25)28-21(3,4)5/h8-11,13H,6-7,12,14-15H2,1-5H3. The molecule has 7 nitrogen and oxygen atoms in total. The summed E-state index contributed by atoms with van der Waals surface area (Å²) in [6.45, 7) is 10.3. The van der Waals surface area contributed by atoms with E-state index in [0.717, 1.165) is 21.4 Å². The number of imide groups is 1. The van der Waals surface area contributed by atoms with Gasteiger partial charge in [0.2, 0.25) is 5.91 Å². The Morgan fingerprint density at radius 2 is 1.75 bits per heavy atom. The molecular formula is C21H30N2O5. The largest absolute Gasteiger partial charge is 0.443 e. The SMILES string of the molecule is CCOCN(C(=O)Cc1cn(COCC)c2ccccc12)C(=O)OC(C)(C)C. The Bertz CT molecular complexity index is 807. The van der Waals surface area contributed by atoms with E-state index in [0.29, 0.717) is 19.9 Å². The second-order valence-corrected chi connectivity index (χ2v) is 7.36. The van der Waals surface area contributed by atoms with E-state index < -0.39 is 11.7 Å². The second kappa shape index (κ2) is 9.71. The molecule has 0 aliphatic carbocycles. The van der Waals surface area contributed by atoms with E-state index in [1.165, 1.54) is 0 Å². The average Bonchev–Trinajstić information content (AvgIpc) is 2.96. The molecule has 154 valence electrons. The predicted molar refractivity (Wildman–Crippen MR) is 107 cm³/mol. The van der Waals surface area contributed by atoms with Crippen molar-refractivity contribution in [2.45, 2.75) is 53.4 Å². The van der Waals surface area contributed by atoms with Gasteiger partial charge in [0.25, 0.3) is 0 Å². The summed E-state index contributed by atoms with van der Waals surface area (Å²) < 4.78 is 18.2. The molecule has 1 aromatic carbocycles. The van der Waals surface area contributed by atoms with Gasteiger partial charge < -0.3 is 18.8 Å². The van der Waals surface area contributed by atoms with E-state index in [2.05, 4.69) is 0 Å². The first-order chi connectivity index (χ1) is 13.3. The van der Waals surface area contributed by atoms with Crippen LogP contribution in [-0.2, 0) is 32.2 Å². The number of ether oxygens (including phenoxy) is 3. The minimum absolute atomic E-state index is 0.0615. The van der Waals surface area contributed by atoms with Gasteiger partial charge in [-0.05, 0) is 46.2 Å². The molecule has 0 fully saturated rings. The minimum atomic E-state index is -0.705. The first-order valence-electron chi connectivity index (χ1n) is 9.52. The van der Waals surface area contributed by atoms with E-state index in [1.54, 1.807) is 27.7 Å². The third kappa shape index (κ3) is 5.81. The molecular weight excluding hydrogens is 360 g/mol. The van der Waals surface area contributed by atoms with E-state index >= 15 is 0 Å². The molecule has 2 amide bonds. The first-order valence-corrected chi connectivity index (χ1v) is 9.52. The van der Waals surface area contributed by atoms with Gasteiger partial charge in [-0.15, -0.1) is 0 Å². The molecule has 1 heterocycles. The van der Waals surface area contributed by atoms with Crippen LogP contribution in [0, 0.1) is 0 Å². The summed E-state index contributed by atoms with van der Waals surface area (Å²) in [5.74, 6) is -0.373. The van der Waals surface area contributed by atoms with Crippen molar-refractivity contribution in [2.75, 3.05) is 19.9 Å². The normalized spacial score (nSPS) is 11.6. The van der Waals surface area contributed by atoms with Crippen molar-refractivity contribution < 1.29 is 23.8 Å². The molecule has 28 heavy (non-hydrogen) atoms. The lowest BCUT2D eigenvalue weighted by Crippen LogP contribution is -2.42. The number of benzene rings is 1. The van der Waals surface area contributed by atoms with Crippen LogP contribution in [-0.4, -0.2) is 47.0 Å². The number of hydrogen-bond acceptors (Lipinski definition) is 5. The Hall–Kier alpha value is -2.38. The van der Waals surface area contributed by atoms with Crippen molar-refractivity contribution >= 4 is 22.9 Å². The maximum atomic E-state index is 12.9. The molecule has 2 aromatic rings. The highest BCUT2D eigenvalue weighted by Gasteiger charge is 2.28. The second-order valence-electron chi connectivity index (χ2n) is 7.36. The third-order valence-electron chi connectivity index (χ3n) is 3.99. The van der Waals surface area contributed by atoms with Crippen molar-refractivity contribution in [1.82, 2.24) is 9.47 Å². The van der Waals surface area contributed by atoms with Crippen LogP contribution in [0.5, 0.6) is 0 Å². The summed E-state index contributed by atoms with van der Waals surface area (Å²) in [7, 11) is 0. The molecule has 0 aliphatic heterocycles. The van der Waals surface area contributed by atoms with Crippen molar-refractivity contribution in [2.24, 2.45) is 0 Å². The lowest BCUT2D eigenvalue weighted by Gasteiger charge is -2.26. The van der Waals surface area contributed by atoms with Crippen LogP contribution in [0.3, 0.4) is 0 Å². The highest BCUT2D eigenvalue weighted by Crippen LogP contribution is 2.23. The van der Waals surface area contributed by atoms with Crippen LogP contribution in [0.2, 0.25) is 0 Å². The number of rotatable bonds is 8. The lowest BCUT2D eigenvalue weighted by atomic mass is 10.1. The predicted octanol–water partition coefficient (Wildman–Crippen LogP) is 3.94. The monoisotopic (exact) mass is 390 g/mol. The zero-order chi connectivity index (χ0) is 20.7. The summed E-state index contributed by atoms with van der Waals surface area (Å²) in [6, 6.07) is 7.81. The molecule has 0 atom stereocenters. The van der Waals surface area contributed by atoms with Gasteiger partial charge in [0.15, 0.2) is 0 Å². The van der Waals surface area contributed by atoms with E-state index in [-0.39, 0.29) is 19.1 Å².